The molecule has 0 unspecified atom stereocenters. The molecule has 1 heterocycles. The van der Waals surface area contributed by atoms with Gasteiger partial charge in [-0.1, -0.05) is 6.92 Å². The first-order chi connectivity index (χ1) is 9.28. The van der Waals surface area contributed by atoms with Gasteiger partial charge >= 0.3 is 0 Å². The van der Waals surface area contributed by atoms with Crippen LogP contribution in [0.15, 0.2) is 24.3 Å². The molecule has 0 saturated carbocycles. The maximum absolute atomic E-state index is 11.3. The van der Waals surface area contributed by atoms with Gasteiger partial charge in [-0.25, -0.2) is 0 Å². The number of amides is 1. The molecule has 1 fully saturated rings. The van der Waals surface area contributed by atoms with E-state index in [9.17, 15) is 4.79 Å². The lowest BCUT2D eigenvalue weighted by molar-refractivity contribution is -0.115. The van der Waals surface area contributed by atoms with Gasteiger partial charge in [0.15, 0.2) is 0 Å². The predicted molar refractivity (Wildman–Crippen MR) is 79.4 cm³/mol. The summed E-state index contributed by atoms with van der Waals surface area (Å²) >= 11 is 0. The molecule has 1 aromatic carbocycles. The van der Waals surface area contributed by atoms with Crippen LogP contribution in [-0.4, -0.2) is 25.5 Å². The third kappa shape index (κ3) is 4.56. The van der Waals surface area contributed by atoms with Crippen LogP contribution in [0.25, 0.3) is 0 Å². The number of nitrogens with one attached hydrogen (secondary N) is 3. The molecule has 3 N–H and O–H groups in total. The fourth-order valence-corrected chi connectivity index (χ4v) is 2.27. The first-order valence-electron chi connectivity index (χ1n) is 7.12. The van der Waals surface area contributed by atoms with Gasteiger partial charge in [-0.2, -0.15) is 0 Å². The number of rotatable bonds is 5. The predicted octanol–water partition coefficient (Wildman–Crippen LogP) is 2.45. The summed E-state index contributed by atoms with van der Waals surface area (Å²) in [5, 5.41) is 9.69. The van der Waals surface area contributed by atoms with E-state index in [1.807, 2.05) is 31.2 Å². The molecule has 0 spiro atoms. The highest BCUT2D eigenvalue weighted by Gasteiger charge is 2.12. The van der Waals surface area contributed by atoms with Crippen molar-refractivity contribution < 1.29 is 4.79 Å². The van der Waals surface area contributed by atoms with Gasteiger partial charge in [0.25, 0.3) is 0 Å². The molecular formula is C15H23N3O. The molecule has 0 bridgehead atoms. The van der Waals surface area contributed by atoms with E-state index in [4.69, 9.17) is 0 Å². The van der Waals surface area contributed by atoms with Crippen molar-refractivity contribution in [2.75, 3.05) is 30.3 Å². The average Bonchev–Trinajstić information content (AvgIpc) is 2.47. The van der Waals surface area contributed by atoms with Gasteiger partial charge in [0, 0.05) is 24.3 Å². The zero-order chi connectivity index (χ0) is 13.5. The fraction of sp³-hybridized carbons (Fsp3) is 0.533. The van der Waals surface area contributed by atoms with Crippen molar-refractivity contribution in [3.63, 3.8) is 0 Å². The Hall–Kier alpha value is -1.55. The number of piperidine rings is 1. The normalized spacial score (nSPS) is 16.1. The molecular weight excluding hydrogens is 238 g/mol. The monoisotopic (exact) mass is 261 g/mol. The second-order valence-electron chi connectivity index (χ2n) is 5.05. The molecule has 1 aromatic rings. The lowest BCUT2D eigenvalue weighted by Gasteiger charge is -2.23. The Morgan fingerprint density at radius 3 is 2.47 bits per heavy atom. The number of carbonyl (C=O) groups excluding carboxylic acids is 1. The maximum Gasteiger partial charge on any atom is 0.224 e. The van der Waals surface area contributed by atoms with Gasteiger partial charge in [0.05, 0.1) is 0 Å². The maximum atomic E-state index is 11.3. The number of benzene rings is 1. The Morgan fingerprint density at radius 1 is 1.21 bits per heavy atom. The third-order valence-corrected chi connectivity index (χ3v) is 3.54. The molecule has 104 valence electrons. The van der Waals surface area contributed by atoms with Crippen molar-refractivity contribution in [2.24, 2.45) is 5.92 Å². The van der Waals surface area contributed by atoms with Crippen LogP contribution < -0.4 is 16.0 Å². The Balaban J connectivity index is 1.79. The molecule has 1 aliphatic heterocycles. The minimum absolute atomic E-state index is 0.0513. The Labute approximate surface area is 115 Å². The van der Waals surface area contributed by atoms with Crippen LogP contribution in [0.1, 0.15) is 26.2 Å². The highest BCUT2D eigenvalue weighted by atomic mass is 16.1. The Morgan fingerprint density at radius 2 is 1.84 bits per heavy atom. The van der Waals surface area contributed by atoms with Crippen molar-refractivity contribution in [1.82, 2.24) is 5.32 Å². The smallest absolute Gasteiger partial charge is 0.224 e. The molecule has 2 rings (SSSR count). The quantitative estimate of drug-likeness (QED) is 0.763. The van der Waals surface area contributed by atoms with Gasteiger partial charge in [0.2, 0.25) is 5.91 Å². The summed E-state index contributed by atoms with van der Waals surface area (Å²) in [7, 11) is 0. The van der Waals surface area contributed by atoms with Crippen LogP contribution in [0.4, 0.5) is 11.4 Å². The minimum atomic E-state index is 0.0513. The molecule has 1 aliphatic rings. The van der Waals surface area contributed by atoms with Crippen LogP contribution in [0.2, 0.25) is 0 Å². The zero-order valence-corrected chi connectivity index (χ0v) is 11.5. The van der Waals surface area contributed by atoms with E-state index >= 15 is 0 Å². The zero-order valence-electron chi connectivity index (χ0n) is 11.5. The van der Waals surface area contributed by atoms with E-state index in [2.05, 4.69) is 16.0 Å². The molecule has 1 amide bonds. The first-order valence-corrected chi connectivity index (χ1v) is 7.12. The van der Waals surface area contributed by atoms with Crippen molar-refractivity contribution in [3.8, 4) is 0 Å². The summed E-state index contributed by atoms with van der Waals surface area (Å²) in [6.07, 6.45) is 3.00. The molecule has 0 aliphatic carbocycles. The lowest BCUT2D eigenvalue weighted by atomic mass is 9.98. The van der Waals surface area contributed by atoms with Gasteiger partial charge < -0.3 is 16.0 Å². The lowest BCUT2D eigenvalue weighted by Crippen LogP contribution is -2.31. The summed E-state index contributed by atoms with van der Waals surface area (Å²) in [5.74, 6) is 0.816. The van der Waals surface area contributed by atoms with Crippen molar-refractivity contribution in [1.29, 1.82) is 0 Å². The van der Waals surface area contributed by atoms with Gasteiger partial charge in [0.1, 0.15) is 0 Å². The van der Waals surface area contributed by atoms with E-state index in [0.717, 1.165) is 36.9 Å². The number of carbonyl (C=O) groups is 1. The van der Waals surface area contributed by atoms with Gasteiger partial charge in [-0.05, 0) is 56.1 Å². The summed E-state index contributed by atoms with van der Waals surface area (Å²) in [4.78, 5) is 11.3. The molecule has 4 nitrogen and oxygen atoms in total. The highest BCUT2D eigenvalue weighted by molar-refractivity contribution is 5.90. The molecule has 0 radical (unpaired) electrons. The van der Waals surface area contributed by atoms with Crippen LogP contribution in [0.5, 0.6) is 0 Å². The molecule has 19 heavy (non-hydrogen) atoms. The standard InChI is InChI=1S/C15H23N3O/c1-2-15(19)18-14-5-3-13(4-6-14)17-11-12-7-9-16-10-8-12/h3-6,12,16-17H,2,7-11H2,1H3,(H,18,19). The van der Waals surface area contributed by atoms with Crippen molar-refractivity contribution in [3.05, 3.63) is 24.3 Å². The summed E-state index contributed by atoms with van der Waals surface area (Å²) in [5.41, 5.74) is 1.98. The molecule has 1 saturated heterocycles. The average molecular weight is 261 g/mol. The number of hydrogen-bond acceptors (Lipinski definition) is 3. The molecule has 0 atom stereocenters. The largest absolute Gasteiger partial charge is 0.385 e. The molecule has 4 heteroatoms. The first kappa shape index (κ1) is 13.9. The van der Waals surface area contributed by atoms with Crippen LogP contribution >= 0.6 is 0 Å². The van der Waals surface area contributed by atoms with E-state index in [1.54, 1.807) is 0 Å². The van der Waals surface area contributed by atoms with E-state index < -0.39 is 0 Å². The van der Waals surface area contributed by atoms with Crippen molar-refractivity contribution >= 4 is 17.3 Å². The number of anilines is 2. The van der Waals surface area contributed by atoms with E-state index in [0.29, 0.717) is 6.42 Å². The second-order valence-corrected chi connectivity index (χ2v) is 5.05. The molecule has 0 aromatic heterocycles. The van der Waals surface area contributed by atoms with Gasteiger partial charge in [-0.3, -0.25) is 4.79 Å². The number of hydrogen-bond donors (Lipinski definition) is 3. The van der Waals surface area contributed by atoms with Crippen LogP contribution in [-0.2, 0) is 4.79 Å². The summed E-state index contributed by atoms with van der Waals surface area (Å²) < 4.78 is 0. The van der Waals surface area contributed by atoms with Crippen LogP contribution in [0, 0.1) is 5.92 Å². The minimum Gasteiger partial charge on any atom is -0.385 e. The van der Waals surface area contributed by atoms with Crippen LogP contribution in [0.3, 0.4) is 0 Å². The van der Waals surface area contributed by atoms with E-state index in [1.165, 1.54) is 12.8 Å². The second kappa shape index (κ2) is 7.14. The Kier molecular flexibility index (Phi) is 5.21. The third-order valence-electron chi connectivity index (χ3n) is 3.54. The van der Waals surface area contributed by atoms with Gasteiger partial charge in [-0.15, -0.1) is 0 Å². The Bertz CT molecular complexity index is 396. The summed E-state index contributed by atoms with van der Waals surface area (Å²) in [6, 6.07) is 7.93. The van der Waals surface area contributed by atoms with Crippen molar-refractivity contribution in [2.45, 2.75) is 26.2 Å². The van der Waals surface area contributed by atoms with E-state index in [-0.39, 0.29) is 5.91 Å². The fourth-order valence-electron chi connectivity index (χ4n) is 2.27. The highest BCUT2D eigenvalue weighted by Crippen LogP contribution is 2.16. The SMILES string of the molecule is CCC(=O)Nc1ccc(NCC2CCNCC2)cc1. The summed E-state index contributed by atoms with van der Waals surface area (Å²) in [6.45, 7) is 5.15. The topological polar surface area (TPSA) is 53.2 Å².